The summed E-state index contributed by atoms with van der Waals surface area (Å²) >= 11 is 0. The number of rotatable bonds is 6. The zero-order chi connectivity index (χ0) is 12.6. The van der Waals surface area contributed by atoms with E-state index in [4.69, 9.17) is 0 Å². The summed E-state index contributed by atoms with van der Waals surface area (Å²) in [5, 5.41) is 0. The van der Waals surface area contributed by atoms with Crippen molar-refractivity contribution in [1.82, 2.24) is 0 Å². The van der Waals surface area contributed by atoms with Crippen LogP contribution in [0.3, 0.4) is 0 Å². The summed E-state index contributed by atoms with van der Waals surface area (Å²) in [5.41, 5.74) is 2.71. The second-order valence-corrected chi connectivity index (χ2v) is 4.74. The van der Waals surface area contributed by atoms with Crippen molar-refractivity contribution < 1.29 is 9.55 Å². The molecule has 0 fully saturated rings. The van der Waals surface area contributed by atoms with Gasteiger partial charge < -0.3 is 0 Å². The van der Waals surface area contributed by atoms with E-state index in [1.807, 2.05) is 12.4 Å². The molecule has 0 aliphatic heterocycles. The summed E-state index contributed by atoms with van der Waals surface area (Å²) in [4.78, 5) is 3.05. The number of aromatic nitrogens is 2. The van der Waals surface area contributed by atoms with Crippen molar-refractivity contribution in [3.8, 4) is 0 Å². The molecule has 2 nitrogen and oxygen atoms in total. The molecule has 1 N–H and O–H groups in total. The summed E-state index contributed by atoms with van der Waals surface area (Å²) in [7, 11) is 0. The van der Waals surface area contributed by atoms with Gasteiger partial charge in [0.1, 0.15) is 6.54 Å². The first-order valence-electron chi connectivity index (χ1n) is 6.81. The van der Waals surface area contributed by atoms with E-state index in [0.717, 1.165) is 13.0 Å². The SMILES string of the molecule is CCCCC[n+]1ccc(Cc2cc[nH+]cc2)cc1. The first-order valence-corrected chi connectivity index (χ1v) is 6.81. The lowest BCUT2D eigenvalue weighted by Gasteiger charge is -2.00. The Hall–Kier alpha value is -1.70. The summed E-state index contributed by atoms with van der Waals surface area (Å²) in [5.74, 6) is 0. The topological polar surface area (TPSA) is 18.0 Å². The molecule has 18 heavy (non-hydrogen) atoms. The van der Waals surface area contributed by atoms with E-state index in [1.165, 1.54) is 30.4 Å². The van der Waals surface area contributed by atoms with Gasteiger partial charge in [-0.25, -0.2) is 9.55 Å². The van der Waals surface area contributed by atoms with Crippen LogP contribution in [-0.4, -0.2) is 0 Å². The lowest BCUT2D eigenvalue weighted by molar-refractivity contribution is -0.697. The van der Waals surface area contributed by atoms with Crippen LogP contribution >= 0.6 is 0 Å². The number of H-pyrrole nitrogens is 1. The Kier molecular flexibility index (Phi) is 4.88. The number of aryl methyl sites for hydroxylation is 1. The molecule has 2 heterocycles. The Morgan fingerprint density at radius 2 is 1.61 bits per heavy atom. The van der Waals surface area contributed by atoms with Crippen molar-refractivity contribution in [2.75, 3.05) is 0 Å². The number of hydrogen-bond donors (Lipinski definition) is 0. The molecular formula is C16H22N2+2. The first kappa shape index (κ1) is 12.7. The van der Waals surface area contributed by atoms with Crippen molar-refractivity contribution in [2.24, 2.45) is 0 Å². The third kappa shape index (κ3) is 3.95. The predicted molar refractivity (Wildman–Crippen MR) is 72.0 cm³/mol. The standard InChI is InChI=1S/C16H21N2/c1-2-3-4-11-18-12-7-16(8-13-18)14-15-5-9-17-10-6-15/h5-10,12-13H,2-4,11,14H2,1H3/q+1/p+1. The molecule has 0 aliphatic carbocycles. The molecule has 2 aromatic heterocycles. The largest absolute Gasteiger partial charge is 0.218 e. The lowest BCUT2D eigenvalue weighted by Crippen LogP contribution is -2.32. The van der Waals surface area contributed by atoms with Gasteiger partial charge in [-0.15, -0.1) is 0 Å². The number of nitrogens with one attached hydrogen (secondary N) is 1. The van der Waals surface area contributed by atoms with Crippen LogP contribution in [0.15, 0.2) is 49.1 Å². The summed E-state index contributed by atoms with van der Waals surface area (Å²) in [6.07, 6.45) is 13.2. The average molecular weight is 242 g/mol. The van der Waals surface area contributed by atoms with Gasteiger partial charge in [-0.3, -0.25) is 0 Å². The Balaban J connectivity index is 1.91. The van der Waals surface area contributed by atoms with Crippen LogP contribution in [0, 0.1) is 0 Å². The maximum absolute atomic E-state index is 3.05. The quantitative estimate of drug-likeness (QED) is 0.547. The van der Waals surface area contributed by atoms with Crippen LogP contribution in [-0.2, 0) is 13.0 Å². The van der Waals surface area contributed by atoms with Crippen LogP contribution in [0.1, 0.15) is 37.3 Å². The van der Waals surface area contributed by atoms with Gasteiger partial charge in [0.15, 0.2) is 24.8 Å². The summed E-state index contributed by atoms with van der Waals surface area (Å²) in [6.45, 7) is 3.37. The molecule has 0 saturated heterocycles. The smallest absolute Gasteiger partial charge is 0.169 e. The van der Waals surface area contributed by atoms with Gasteiger partial charge in [-0.1, -0.05) is 13.3 Å². The number of nitrogens with zero attached hydrogens (tertiary/aromatic N) is 1. The van der Waals surface area contributed by atoms with Gasteiger partial charge in [0.25, 0.3) is 0 Å². The fourth-order valence-corrected chi connectivity index (χ4v) is 2.07. The number of hydrogen-bond acceptors (Lipinski definition) is 0. The van der Waals surface area contributed by atoms with E-state index in [9.17, 15) is 0 Å². The van der Waals surface area contributed by atoms with E-state index < -0.39 is 0 Å². The molecule has 2 aromatic rings. The highest BCUT2D eigenvalue weighted by molar-refractivity contribution is 5.20. The van der Waals surface area contributed by atoms with Crippen molar-refractivity contribution >= 4 is 0 Å². The van der Waals surface area contributed by atoms with Crippen LogP contribution < -0.4 is 9.55 Å². The van der Waals surface area contributed by atoms with Gasteiger partial charge in [0.2, 0.25) is 0 Å². The zero-order valence-corrected chi connectivity index (χ0v) is 11.1. The van der Waals surface area contributed by atoms with Crippen LogP contribution in [0.2, 0.25) is 0 Å². The lowest BCUT2D eigenvalue weighted by atomic mass is 10.1. The van der Waals surface area contributed by atoms with Crippen LogP contribution in [0.25, 0.3) is 0 Å². The molecular weight excluding hydrogens is 220 g/mol. The van der Waals surface area contributed by atoms with Gasteiger partial charge >= 0.3 is 0 Å². The maximum atomic E-state index is 3.05. The molecule has 0 radical (unpaired) electrons. The highest BCUT2D eigenvalue weighted by Crippen LogP contribution is 2.05. The van der Waals surface area contributed by atoms with Crippen LogP contribution in [0.4, 0.5) is 0 Å². The predicted octanol–water partition coefficient (Wildman–Crippen LogP) is 2.57. The minimum absolute atomic E-state index is 1.00. The first-order chi connectivity index (χ1) is 8.88. The van der Waals surface area contributed by atoms with Gasteiger partial charge in [0.05, 0.1) is 0 Å². The number of pyridine rings is 2. The fraction of sp³-hybridized carbons (Fsp3) is 0.375. The van der Waals surface area contributed by atoms with E-state index in [1.54, 1.807) is 0 Å². The average Bonchev–Trinajstić information content (AvgIpc) is 2.42. The Morgan fingerprint density at radius 3 is 2.28 bits per heavy atom. The monoisotopic (exact) mass is 242 g/mol. The van der Waals surface area contributed by atoms with E-state index in [2.05, 4.69) is 53.1 Å². The van der Waals surface area contributed by atoms with Crippen LogP contribution in [0.5, 0.6) is 0 Å². The molecule has 0 atom stereocenters. The zero-order valence-electron chi connectivity index (χ0n) is 11.1. The molecule has 0 aromatic carbocycles. The third-order valence-electron chi connectivity index (χ3n) is 3.18. The van der Waals surface area contributed by atoms with Crippen molar-refractivity contribution in [1.29, 1.82) is 0 Å². The molecule has 0 amide bonds. The van der Waals surface area contributed by atoms with Crippen molar-refractivity contribution in [3.05, 3.63) is 60.2 Å². The number of unbranched alkanes of at least 4 members (excludes halogenated alkanes) is 2. The van der Waals surface area contributed by atoms with Gasteiger partial charge in [0, 0.05) is 30.7 Å². The molecule has 0 spiro atoms. The Labute approximate surface area is 109 Å². The van der Waals surface area contributed by atoms with E-state index >= 15 is 0 Å². The second kappa shape index (κ2) is 6.90. The maximum Gasteiger partial charge on any atom is 0.169 e. The van der Waals surface area contributed by atoms with Gasteiger partial charge in [-0.05, 0) is 24.0 Å². The van der Waals surface area contributed by atoms with E-state index in [0.29, 0.717) is 0 Å². The molecule has 0 saturated carbocycles. The Bertz CT molecular complexity index is 448. The normalized spacial score (nSPS) is 10.5. The Morgan fingerprint density at radius 1 is 0.944 bits per heavy atom. The van der Waals surface area contributed by atoms with Gasteiger partial charge in [-0.2, -0.15) is 0 Å². The highest BCUT2D eigenvalue weighted by Gasteiger charge is 2.02. The summed E-state index contributed by atoms with van der Waals surface area (Å²) < 4.78 is 2.28. The summed E-state index contributed by atoms with van der Waals surface area (Å²) in [6, 6.07) is 8.70. The third-order valence-corrected chi connectivity index (χ3v) is 3.18. The molecule has 0 aliphatic rings. The highest BCUT2D eigenvalue weighted by atomic mass is 14.9. The molecule has 2 rings (SSSR count). The number of aromatic amines is 1. The minimum atomic E-state index is 1.00. The van der Waals surface area contributed by atoms with Crippen molar-refractivity contribution in [2.45, 2.75) is 39.2 Å². The molecule has 0 bridgehead atoms. The van der Waals surface area contributed by atoms with Crippen molar-refractivity contribution in [3.63, 3.8) is 0 Å². The second-order valence-electron chi connectivity index (χ2n) is 4.74. The molecule has 94 valence electrons. The fourth-order valence-electron chi connectivity index (χ4n) is 2.07. The molecule has 2 heteroatoms. The molecule has 0 unspecified atom stereocenters. The minimum Gasteiger partial charge on any atom is -0.218 e. The van der Waals surface area contributed by atoms with E-state index in [-0.39, 0.29) is 0 Å².